The second-order valence-corrected chi connectivity index (χ2v) is 6.30. The molecule has 0 radical (unpaired) electrons. The number of amides is 2. The summed E-state index contributed by atoms with van der Waals surface area (Å²) < 4.78 is 37.9. The Balaban J connectivity index is 1.78. The van der Waals surface area contributed by atoms with E-state index in [0.29, 0.717) is 19.4 Å². The zero-order valence-corrected chi connectivity index (χ0v) is 13.6. The van der Waals surface area contributed by atoms with Crippen LogP contribution in [0.1, 0.15) is 32.1 Å². The van der Waals surface area contributed by atoms with Crippen LogP contribution in [0.15, 0.2) is 12.2 Å². The summed E-state index contributed by atoms with van der Waals surface area (Å²) in [5, 5.41) is 2.61. The number of piperidine rings is 1. The molecule has 2 aliphatic rings. The maximum atomic E-state index is 12.6. The van der Waals surface area contributed by atoms with E-state index in [1.807, 2.05) is 0 Å². The number of carbonyl (C=O) groups is 2. The van der Waals surface area contributed by atoms with Gasteiger partial charge in [-0.3, -0.25) is 14.5 Å². The quantitative estimate of drug-likeness (QED) is 0.770. The normalized spacial score (nSPS) is 23.0. The fourth-order valence-electron chi connectivity index (χ4n) is 3.19. The van der Waals surface area contributed by atoms with Gasteiger partial charge in [-0.15, -0.1) is 0 Å². The third kappa shape index (κ3) is 5.51. The molecule has 136 valence electrons. The highest BCUT2D eigenvalue weighted by atomic mass is 19.4. The molecule has 2 fully saturated rings. The van der Waals surface area contributed by atoms with E-state index in [1.54, 1.807) is 6.08 Å². The van der Waals surface area contributed by atoms with E-state index >= 15 is 0 Å². The molecule has 0 aromatic rings. The Labute approximate surface area is 139 Å². The Morgan fingerprint density at radius 1 is 1.08 bits per heavy atom. The first kappa shape index (κ1) is 18.8. The van der Waals surface area contributed by atoms with Gasteiger partial charge in [0, 0.05) is 31.8 Å². The van der Waals surface area contributed by atoms with Crippen LogP contribution in [0.25, 0.3) is 0 Å². The minimum atomic E-state index is -4.87. The van der Waals surface area contributed by atoms with E-state index in [2.05, 4.69) is 10.2 Å². The molecule has 1 unspecified atom stereocenters. The fourth-order valence-corrected chi connectivity index (χ4v) is 3.19. The van der Waals surface area contributed by atoms with Gasteiger partial charge >= 0.3 is 12.1 Å². The second-order valence-electron chi connectivity index (χ2n) is 6.30. The van der Waals surface area contributed by atoms with Crippen LogP contribution < -0.4 is 5.32 Å². The number of likely N-dealkylation sites (tertiary alicyclic amines) is 2. The number of nitrogens with one attached hydrogen (secondary N) is 1. The van der Waals surface area contributed by atoms with Crippen molar-refractivity contribution in [1.29, 1.82) is 0 Å². The van der Waals surface area contributed by atoms with Crippen molar-refractivity contribution in [2.45, 2.75) is 44.3 Å². The van der Waals surface area contributed by atoms with Gasteiger partial charge in [0.15, 0.2) is 0 Å². The van der Waals surface area contributed by atoms with Gasteiger partial charge in [-0.1, -0.05) is 6.08 Å². The van der Waals surface area contributed by atoms with Crippen molar-refractivity contribution < 1.29 is 22.8 Å². The summed E-state index contributed by atoms with van der Waals surface area (Å²) in [6.07, 6.45) is 2.44. The van der Waals surface area contributed by atoms with Gasteiger partial charge in [-0.25, -0.2) is 0 Å². The van der Waals surface area contributed by atoms with Gasteiger partial charge < -0.3 is 10.2 Å². The zero-order valence-electron chi connectivity index (χ0n) is 13.6. The second kappa shape index (κ2) is 8.50. The fraction of sp³-hybridized carbons (Fsp3) is 0.750. The average molecular weight is 347 g/mol. The molecular weight excluding hydrogens is 323 g/mol. The summed E-state index contributed by atoms with van der Waals surface area (Å²) in [4.78, 5) is 26.3. The molecule has 0 spiro atoms. The predicted molar refractivity (Wildman–Crippen MR) is 83.2 cm³/mol. The Kier molecular flexibility index (Phi) is 6.65. The number of carbonyl (C=O) groups excluding carboxylic acids is 2. The summed E-state index contributed by atoms with van der Waals surface area (Å²) in [7, 11) is 0. The smallest absolute Gasteiger partial charge is 0.350 e. The lowest BCUT2D eigenvalue weighted by Crippen LogP contribution is -2.53. The summed E-state index contributed by atoms with van der Waals surface area (Å²) in [6.45, 7) is 2.90. The third-order valence-electron chi connectivity index (χ3n) is 4.47. The topological polar surface area (TPSA) is 52.7 Å². The number of rotatable bonds is 5. The predicted octanol–water partition coefficient (Wildman–Crippen LogP) is 1.70. The van der Waals surface area contributed by atoms with Crippen molar-refractivity contribution in [3.05, 3.63) is 12.2 Å². The van der Waals surface area contributed by atoms with E-state index in [9.17, 15) is 22.8 Å². The van der Waals surface area contributed by atoms with Gasteiger partial charge in [-0.2, -0.15) is 13.2 Å². The highest BCUT2D eigenvalue weighted by Gasteiger charge is 2.45. The Bertz CT molecular complexity index is 474. The summed E-state index contributed by atoms with van der Waals surface area (Å²) in [6, 6.07) is -0.594. The lowest BCUT2D eigenvalue weighted by Gasteiger charge is -2.36. The summed E-state index contributed by atoms with van der Waals surface area (Å²) in [5.74, 6) is -2.15. The Morgan fingerprint density at radius 2 is 1.75 bits per heavy atom. The van der Waals surface area contributed by atoms with Crippen LogP contribution in [0, 0.1) is 0 Å². The molecule has 0 saturated carbocycles. The Morgan fingerprint density at radius 3 is 2.42 bits per heavy atom. The number of hydrogen-bond acceptors (Lipinski definition) is 3. The number of alkyl halides is 3. The first-order valence-electron chi connectivity index (χ1n) is 8.42. The summed E-state index contributed by atoms with van der Waals surface area (Å²) in [5.41, 5.74) is 0. The zero-order chi connectivity index (χ0) is 17.6. The number of nitrogens with zero attached hydrogens (tertiary/aromatic N) is 2. The van der Waals surface area contributed by atoms with E-state index < -0.39 is 18.1 Å². The van der Waals surface area contributed by atoms with Crippen LogP contribution in [-0.4, -0.2) is 66.6 Å². The molecule has 1 atom stereocenters. The molecule has 2 aliphatic heterocycles. The van der Waals surface area contributed by atoms with Crippen molar-refractivity contribution in [1.82, 2.24) is 15.1 Å². The SMILES string of the molecule is O=C(/C=C/CN1CCCC1)NCC1CCCCN1C(=O)C(F)(F)F. The molecule has 2 saturated heterocycles. The average Bonchev–Trinajstić information content (AvgIpc) is 3.05. The van der Waals surface area contributed by atoms with Crippen molar-refractivity contribution in [2.75, 3.05) is 32.7 Å². The van der Waals surface area contributed by atoms with Gasteiger partial charge in [0.1, 0.15) is 0 Å². The molecule has 2 amide bonds. The maximum Gasteiger partial charge on any atom is 0.471 e. The highest BCUT2D eigenvalue weighted by molar-refractivity contribution is 5.87. The molecule has 0 bridgehead atoms. The van der Waals surface area contributed by atoms with Gasteiger partial charge in [-0.05, 0) is 45.2 Å². The van der Waals surface area contributed by atoms with Crippen LogP contribution in [-0.2, 0) is 9.59 Å². The van der Waals surface area contributed by atoms with Crippen LogP contribution >= 0.6 is 0 Å². The number of hydrogen-bond donors (Lipinski definition) is 1. The number of halogens is 3. The third-order valence-corrected chi connectivity index (χ3v) is 4.47. The summed E-state index contributed by atoms with van der Waals surface area (Å²) >= 11 is 0. The molecule has 0 aromatic heterocycles. The van der Waals surface area contributed by atoms with Crippen molar-refractivity contribution in [3.63, 3.8) is 0 Å². The molecule has 0 aliphatic carbocycles. The lowest BCUT2D eigenvalue weighted by atomic mass is 10.0. The van der Waals surface area contributed by atoms with Crippen LogP contribution in [0.3, 0.4) is 0 Å². The van der Waals surface area contributed by atoms with Crippen molar-refractivity contribution in [3.8, 4) is 0 Å². The minimum absolute atomic E-state index is 0.0503. The lowest BCUT2D eigenvalue weighted by molar-refractivity contribution is -0.189. The molecule has 1 N–H and O–H groups in total. The van der Waals surface area contributed by atoms with Gasteiger partial charge in [0.25, 0.3) is 0 Å². The standard InChI is InChI=1S/C16H24F3N3O2/c17-16(18,19)15(24)22-11-2-1-6-13(22)12-20-14(23)7-5-10-21-8-3-4-9-21/h5,7,13H,1-4,6,8-12H2,(H,20,23)/b7-5+. The van der Waals surface area contributed by atoms with Crippen LogP contribution in [0.5, 0.6) is 0 Å². The van der Waals surface area contributed by atoms with Crippen LogP contribution in [0.4, 0.5) is 13.2 Å². The van der Waals surface area contributed by atoms with E-state index in [4.69, 9.17) is 0 Å². The Hall–Kier alpha value is -1.57. The molecule has 5 nitrogen and oxygen atoms in total. The molecule has 2 heterocycles. The maximum absolute atomic E-state index is 12.6. The molecule has 0 aromatic carbocycles. The van der Waals surface area contributed by atoms with Gasteiger partial charge in [0.2, 0.25) is 5.91 Å². The monoisotopic (exact) mass is 347 g/mol. The van der Waals surface area contributed by atoms with Crippen LogP contribution in [0.2, 0.25) is 0 Å². The molecule has 8 heteroatoms. The van der Waals surface area contributed by atoms with Crippen molar-refractivity contribution >= 4 is 11.8 Å². The first-order valence-corrected chi connectivity index (χ1v) is 8.42. The van der Waals surface area contributed by atoms with E-state index in [1.165, 1.54) is 18.9 Å². The molecular formula is C16H24F3N3O2. The van der Waals surface area contributed by atoms with Gasteiger partial charge in [0.05, 0.1) is 0 Å². The minimum Gasteiger partial charge on any atom is -0.350 e. The first-order chi connectivity index (χ1) is 11.4. The highest BCUT2D eigenvalue weighted by Crippen LogP contribution is 2.24. The van der Waals surface area contributed by atoms with E-state index in [0.717, 1.165) is 24.4 Å². The van der Waals surface area contributed by atoms with Crippen molar-refractivity contribution in [2.24, 2.45) is 0 Å². The molecule has 24 heavy (non-hydrogen) atoms. The molecule has 2 rings (SSSR count). The van der Waals surface area contributed by atoms with E-state index in [-0.39, 0.29) is 19.0 Å². The largest absolute Gasteiger partial charge is 0.471 e.